The quantitative estimate of drug-likeness (QED) is 0.168. The van der Waals surface area contributed by atoms with Crippen molar-refractivity contribution < 1.29 is 0 Å². The van der Waals surface area contributed by atoms with Gasteiger partial charge in [0.05, 0.1) is 0 Å². The molecular formula is C59H42. The molecule has 0 radical (unpaired) electrons. The maximum Gasteiger partial charge on any atom is 0.0159 e. The Balaban J connectivity index is 0.879. The van der Waals surface area contributed by atoms with E-state index in [0.717, 1.165) is 25.7 Å². The van der Waals surface area contributed by atoms with Gasteiger partial charge in [0.1, 0.15) is 0 Å². The van der Waals surface area contributed by atoms with E-state index < -0.39 is 0 Å². The summed E-state index contributed by atoms with van der Waals surface area (Å²) in [6.07, 6.45) is 18.2. The molecule has 59 heavy (non-hydrogen) atoms. The number of fused-ring (bicyclic) bond motifs is 3. The molecule has 0 saturated carbocycles. The van der Waals surface area contributed by atoms with Gasteiger partial charge in [0.15, 0.2) is 0 Å². The highest BCUT2D eigenvalue weighted by Crippen LogP contribution is 2.52. The van der Waals surface area contributed by atoms with E-state index >= 15 is 0 Å². The van der Waals surface area contributed by atoms with E-state index in [1.165, 1.54) is 133 Å². The SMILES string of the molecule is CC1(C)c2cc(-c3cccc(-c4ccccc4-c4ccc5c6c7c(ccc46)C=CCC7=CC5)c3)ccc2-c2ccc(-c3ccc4c5c6c(ccc35)C=CCC6=CC4)cc21. The largest absolute Gasteiger partial charge is 0.0795 e. The third-order valence-electron chi connectivity index (χ3n) is 14.4. The van der Waals surface area contributed by atoms with E-state index in [1.807, 2.05) is 0 Å². The van der Waals surface area contributed by atoms with Crippen LogP contribution in [0.1, 0.15) is 71.2 Å². The predicted octanol–water partition coefficient (Wildman–Crippen LogP) is 15.7. The molecule has 278 valence electrons. The van der Waals surface area contributed by atoms with Crippen LogP contribution >= 0.6 is 0 Å². The summed E-state index contributed by atoms with van der Waals surface area (Å²) < 4.78 is 0. The summed E-state index contributed by atoms with van der Waals surface area (Å²) in [5.74, 6) is 0. The van der Waals surface area contributed by atoms with Gasteiger partial charge in [-0.15, -0.1) is 0 Å². The van der Waals surface area contributed by atoms with Crippen LogP contribution in [0.3, 0.4) is 0 Å². The molecule has 5 aliphatic rings. The van der Waals surface area contributed by atoms with Gasteiger partial charge in [0.2, 0.25) is 0 Å². The van der Waals surface area contributed by atoms with Crippen LogP contribution in [0.4, 0.5) is 0 Å². The molecule has 0 aliphatic heterocycles. The van der Waals surface area contributed by atoms with Gasteiger partial charge in [-0.1, -0.05) is 166 Å². The van der Waals surface area contributed by atoms with Gasteiger partial charge in [0, 0.05) is 5.41 Å². The van der Waals surface area contributed by atoms with Crippen molar-refractivity contribution in [3.8, 4) is 55.6 Å². The molecule has 0 N–H and O–H groups in total. The standard InChI is InChI=1S/C59H42/c1-59(2)53-33-42(24-28-49(53)50-29-25-44(34-54(50)59)46-26-20-39-18-16-35-8-5-10-37-22-30-51(46)57(39)55(35)37)41-12-7-13-43(32-41)45-14-3-4-15-47(45)48-27-21-40-19-17-36-9-6-11-38-23-31-52(48)58(40)56(36)38/h3-7,10-17,20-34H,8-9,18-19H2,1-2H3. The van der Waals surface area contributed by atoms with Crippen LogP contribution in [0, 0.1) is 0 Å². The Labute approximate surface area is 346 Å². The average molecular weight is 751 g/mol. The number of hydrogen-bond acceptors (Lipinski definition) is 0. The molecule has 0 saturated heterocycles. The van der Waals surface area contributed by atoms with Crippen molar-refractivity contribution in [1.82, 2.24) is 0 Å². The van der Waals surface area contributed by atoms with Crippen LogP contribution in [-0.4, -0.2) is 0 Å². The first-order valence-corrected chi connectivity index (χ1v) is 21.4. The number of allylic oxidation sites excluding steroid dienone is 6. The molecule has 0 aromatic heterocycles. The zero-order valence-corrected chi connectivity index (χ0v) is 33.5. The Morgan fingerprint density at radius 1 is 0.390 bits per heavy atom. The molecular weight excluding hydrogens is 709 g/mol. The van der Waals surface area contributed by atoms with E-state index in [0.29, 0.717) is 0 Å². The lowest BCUT2D eigenvalue weighted by Gasteiger charge is -2.25. The van der Waals surface area contributed by atoms with Gasteiger partial charge >= 0.3 is 0 Å². The summed E-state index contributed by atoms with van der Waals surface area (Å²) in [4.78, 5) is 0. The van der Waals surface area contributed by atoms with E-state index in [9.17, 15) is 0 Å². The lowest BCUT2D eigenvalue weighted by molar-refractivity contribution is 0.661. The zero-order chi connectivity index (χ0) is 39.0. The summed E-state index contributed by atoms with van der Waals surface area (Å²) in [5.41, 5.74) is 27.1. The first-order valence-electron chi connectivity index (χ1n) is 21.4. The minimum atomic E-state index is -0.137. The topological polar surface area (TPSA) is 0 Å². The highest BCUT2D eigenvalue weighted by atomic mass is 14.4. The van der Waals surface area contributed by atoms with Crippen LogP contribution in [0.5, 0.6) is 0 Å². The van der Waals surface area contributed by atoms with Crippen molar-refractivity contribution >= 4 is 44.8 Å². The van der Waals surface area contributed by atoms with Gasteiger partial charge in [-0.05, 0) is 177 Å². The molecule has 0 spiro atoms. The number of benzene rings is 8. The Bertz CT molecular complexity index is 3330. The molecule has 13 rings (SSSR count). The third kappa shape index (κ3) is 4.72. The van der Waals surface area contributed by atoms with Crippen LogP contribution in [0.25, 0.3) is 100 Å². The first kappa shape index (κ1) is 33.2. The lowest BCUT2D eigenvalue weighted by atomic mass is 9.78. The molecule has 5 aliphatic carbocycles. The van der Waals surface area contributed by atoms with Crippen LogP contribution in [0.15, 0.2) is 158 Å². The maximum absolute atomic E-state index is 2.49. The van der Waals surface area contributed by atoms with Crippen molar-refractivity contribution in [1.29, 1.82) is 0 Å². The fourth-order valence-electron chi connectivity index (χ4n) is 11.5. The minimum Gasteiger partial charge on any atom is -0.0795 e. The van der Waals surface area contributed by atoms with Crippen molar-refractivity contribution in [3.63, 3.8) is 0 Å². The van der Waals surface area contributed by atoms with Gasteiger partial charge in [0.25, 0.3) is 0 Å². The molecule has 0 heterocycles. The molecule has 8 aromatic rings. The second-order valence-corrected chi connectivity index (χ2v) is 17.8. The summed E-state index contributed by atoms with van der Waals surface area (Å²) in [6, 6.07) is 51.5. The molecule has 0 unspecified atom stereocenters. The van der Waals surface area contributed by atoms with E-state index in [4.69, 9.17) is 0 Å². The Morgan fingerprint density at radius 2 is 0.915 bits per heavy atom. The second kappa shape index (κ2) is 12.1. The number of rotatable bonds is 4. The van der Waals surface area contributed by atoms with Crippen LogP contribution in [-0.2, 0) is 18.3 Å². The van der Waals surface area contributed by atoms with Crippen molar-refractivity contribution in [2.75, 3.05) is 0 Å². The third-order valence-corrected chi connectivity index (χ3v) is 14.4. The van der Waals surface area contributed by atoms with Crippen LogP contribution in [0.2, 0.25) is 0 Å². The molecule has 0 bridgehead atoms. The summed E-state index contributed by atoms with van der Waals surface area (Å²) in [6.45, 7) is 4.83. The Morgan fingerprint density at radius 3 is 1.59 bits per heavy atom. The summed E-state index contributed by atoms with van der Waals surface area (Å²) in [5, 5.41) is 5.63. The average Bonchev–Trinajstić information content (AvgIpc) is 3.52. The Hall–Kier alpha value is -6.76. The smallest absolute Gasteiger partial charge is 0.0159 e. The zero-order valence-electron chi connectivity index (χ0n) is 33.5. The fourth-order valence-corrected chi connectivity index (χ4v) is 11.5. The molecule has 0 amide bonds. The normalized spacial score (nSPS) is 15.9. The highest BCUT2D eigenvalue weighted by molar-refractivity contribution is 6.10. The van der Waals surface area contributed by atoms with Crippen LogP contribution < -0.4 is 0 Å². The summed E-state index contributed by atoms with van der Waals surface area (Å²) >= 11 is 0. The second-order valence-electron chi connectivity index (χ2n) is 17.8. The predicted molar refractivity (Wildman–Crippen MR) is 251 cm³/mol. The minimum absolute atomic E-state index is 0.137. The van der Waals surface area contributed by atoms with E-state index in [1.54, 1.807) is 0 Å². The highest BCUT2D eigenvalue weighted by Gasteiger charge is 2.36. The fraction of sp³-hybridized carbons (Fsp3) is 0.119. The molecule has 0 nitrogen and oxygen atoms in total. The van der Waals surface area contributed by atoms with Crippen molar-refractivity contribution in [3.05, 3.63) is 202 Å². The molecule has 0 atom stereocenters. The number of hydrogen-bond donors (Lipinski definition) is 0. The van der Waals surface area contributed by atoms with Gasteiger partial charge in [-0.2, -0.15) is 0 Å². The molecule has 0 fully saturated rings. The Kier molecular flexibility index (Phi) is 6.84. The lowest BCUT2D eigenvalue weighted by Crippen LogP contribution is -2.15. The van der Waals surface area contributed by atoms with Gasteiger partial charge in [-0.25, -0.2) is 0 Å². The van der Waals surface area contributed by atoms with Gasteiger partial charge in [-0.3, -0.25) is 0 Å². The maximum atomic E-state index is 2.49. The van der Waals surface area contributed by atoms with Crippen molar-refractivity contribution in [2.45, 2.75) is 44.9 Å². The first-order chi connectivity index (χ1) is 29.0. The molecule has 8 aromatic carbocycles. The molecule has 0 heteroatoms. The van der Waals surface area contributed by atoms with E-state index in [-0.39, 0.29) is 5.41 Å². The van der Waals surface area contributed by atoms with E-state index in [2.05, 4.69) is 184 Å². The summed E-state index contributed by atoms with van der Waals surface area (Å²) in [7, 11) is 0. The van der Waals surface area contributed by atoms with Crippen molar-refractivity contribution in [2.24, 2.45) is 0 Å². The monoisotopic (exact) mass is 750 g/mol. The van der Waals surface area contributed by atoms with Gasteiger partial charge < -0.3 is 0 Å².